The van der Waals surface area contributed by atoms with Crippen molar-refractivity contribution in [3.63, 3.8) is 0 Å². The lowest BCUT2D eigenvalue weighted by Crippen LogP contribution is -2.06. The lowest BCUT2D eigenvalue weighted by atomic mass is 10.0. The van der Waals surface area contributed by atoms with Crippen molar-refractivity contribution in [2.75, 3.05) is 0 Å². The lowest BCUT2D eigenvalue weighted by molar-refractivity contribution is 0.668. The van der Waals surface area contributed by atoms with Crippen LogP contribution in [0, 0.1) is 0 Å². The quantitative estimate of drug-likeness (QED) is 0.140. The van der Waals surface area contributed by atoms with Gasteiger partial charge in [0.05, 0.1) is 27.8 Å². The number of fused-ring (bicyclic) bond motifs is 12. The van der Waals surface area contributed by atoms with E-state index in [9.17, 15) is 0 Å². The van der Waals surface area contributed by atoms with Gasteiger partial charge < -0.3 is 13.4 Å². The van der Waals surface area contributed by atoms with E-state index in [1.54, 1.807) is 0 Å². The zero-order valence-corrected chi connectivity index (χ0v) is 50.4. The minimum Gasteiger partial charge on any atom is -0.456 e. The van der Waals surface area contributed by atoms with Gasteiger partial charge in [-0.2, -0.15) is 9.97 Å². The molecule has 6 aromatic heterocycles. The molecule has 0 aliphatic heterocycles. The molecule has 0 bridgehead atoms. The first-order valence-electron chi connectivity index (χ1n) is 31.3. The van der Waals surface area contributed by atoms with E-state index in [2.05, 4.69) is 179 Å². The summed E-state index contributed by atoms with van der Waals surface area (Å²) in [7, 11) is 0. The minimum absolute atomic E-state index is 0.586. The molecule has 10 heteroatoms. The van der Waals surface area contributed by atoms with E-state index in [0.717, 1.165) is 132 Å². The van der Waals surface area contributed by atoms with Crippen molar-refractivity contribution < 1.29 is 8.83 Å². The van der Waals surface area contributed by atoms with E-state index < -0.39 is 0 Å². The van der Waals surface area contributed by atoms with Gasteiger partial charge in [0.25, 0.3) is 0 Å². The van der Waals surface area contributed by atoms with Crippen molar-refractivity contribution in [3.05, 3.63) is 315 Å². The summed E-state index contributed by atoms with van der Waals surface area (Å²) in [5.74, 6) is 3.76. The molecule has 19 rings (SSSR count). The van der Waals surface area contributed by atoms with Gasteiger partial charge in [-0.1, -0.05) is 231 Å². The maximum atomic E-state index is 6.12. The molecule has 10 nitrogen and oxygen atoms in total. The molecule has 0 N–H and O–H groups in total. The van der Waals surface area contributed by atoms with Crippen LogP contribution in [0.4, 0.5) is 0 Å². The Morgan fingerprint density at radius 2 is 0.521 bits per heavy atom. The summed E-state index contributed by atoms with van der Waals surface area (Å²) in [5, 5.41) is 9.13. The highest BCUT2D eigenvalue weighted by molar-refractivity contribution is 6.13. The summed E-state index contributed by atoms with van der Waals surface area (Å²) in [6, 6.07) is 109. The van der Waals surface area contributed by atoms with E-state index in [4.69, 9.17) is 38.7 Å². The molecular weight excluding hydrogens is 1150 g/mol. The molecule has 0 unspecified atom stereocenters. The fourth-order valence-electron chi connectivity index (χ4n) is 13.3. The van der Waals surface area contributed by atoms with Gasteiger partial charge in [0.1, 0.15) is 22.3 Å². The van der Waals surface area contributed by atoms with Crippen LogP contribution in [0.1, 0.15) is 0 Å². The first-order valence-corrected chi connectivity index (χ1v) is 31.3. The molecule has 19 aromatic rings. The summed E-state index contributed by atoms with van der Waals surface area (Å²) in [5.41, 5.74) is 18.2. The summed E-state index contributed by atoms with van der Waals surface area (Å²) in [6.07, 6.45) is 0. The average molecular weight is 1210 g/mol. The van der Waals surface area contributed by atoms with Crippen LogP contribution in [-0.4, -0.2) is 39.0 Å². The average Bonchev–Trinajstić information content (AvgIpc) is 1.59. The fourth-order valence-corrected chi connectivity index (χ4v) is 13.3. The van der Waals surface area contributed by atoms with Crippen molar-refractivity contribution in [2.24, 2.45) is 0 Å². The number of hydrogen-bond donors (Lipinski definition) is 0. The molecule has 13 aromatic carbocycles. The maximum Gasteiger partial charge on any atom is 0.238 e. The Balaban J connectivity index is 0.000000139. The Morgan fingerprint density at radius 1 is 0.202 bits per heavy atom. The van der Waals surface area contributed by atoms with E-state index >= 15 is 0 Å². The number of hydrogen-bond acceptors (Lipinski definition) is 8. The molecule has 0 aliphatic carbocycles. The normalized spacial score (nSPS) is 11.6. The number of nitrogens with zero attached hydrogens (tertiary/aromatic N) is 8. The predicted octanol–water partition coefficient (Wildman–Crippen LogP) is 21.4. The fraction of sp³-hybridized carbons (Fsp3) is 0. The Bertz CT molecular complexity index is 6000. The van der Waals surface area contributed by atoms with Crippen LogP contribution in [-0.2, 0) is 0 Å². The van der Waals surface area contributed by atoms with Crippen molar-refractivity contribution in [3.8, 4) is 90.8 Å². The van der Waals surface area contributed by atoms with Crippen molar-refractivity contribution in [2.45, 2.75) is 0 Å². The molecule has 440 valence electrons. The molecule has 94 heavy (non-hydrogen) atoms. The standard InChI is InChI=1S/C45H28N4O.C39H24N4O/c1-3-13-29(14-4-1)43-46-44(30-15-5-2-6-16-30)48-45(47-43)35-19-8-11-21-39(35)49-38-20-10-7-17-33(38)36-27-31(23-25-40(36)49)32-24-26-42-37(28-32)34-18-9-12-22-41(34)50-42;1-3-11-25(12-4-1)37-40-38(26-13-5-2-6-14-26)42-39(41-37)43-33-17-9-7-15-29(33)31-23-27(19-21-34(31)43)28-20-22-36-32(24-28)30-16-8-10-18-35(30)44-36/h1-28H;1-24H. The third-order valence-corrected chi connectivity index (χ3v) is 17.7. The van der Waals surface area contributed by atoms with Crippen LogP contribution in [0.3, 0.4) is 0 Å². The van der Waals surface area contributed by atoms with E-state index in [1.807, 2.05) is 146 Å². The second-order valence-electron chi connectivity index (χ2n) is 23.4. The smallest absolute Gasteiger partial charge is 0.238 e. The number of furan rings is 2. The zero-order valence-electron chi connectivity index (χ0n) is 50.4. The number of para-hydroxylation sites is 5. The van der Waals surface area contributed by atoms with Gasteiger partial charge in [0, 0.05) is 70.9 Å². The highest BCUT2D eigenvalue weighted by Gasteiger charge is 2.22. The Labute approximate surface area is 538 Å². The Hall–Kier alpha value is -12.9. The van der Waals surface area contributed by atoms with Crippen LogP contribution in [0.15, 0.2) is 324 Å². The van der Waals surface area contributed by atoms with E-state index in [1.165, 1.54) is 10.8 Å². The summed E-state index contributed by atoms with van der Waals surface area (Å²) in [4.78, 5) is 30.1. The Kier molecular flexibility index (Phi) is 13.0. The van der Waals surface area contributed by atoms with E-state index in [0.29, 0.717) is 35.1 Å². The van der Waals surface area contributed by atoms with Crippen LogP contribution >= 0.6 is 0 Å². The van der Waals surface area contributed by atoms with Crippen molar-refractivity contribution in [1.29, 1.82) is 0 Å². The topological polar surface area (TPSA) is 113 Å². The first-order chi connectivity index (χ1) is 46.6. The van der Waals surface area contributed by atoms with Gasteiger partial charge in [-0.25, -0.2) is 19.9 Å². The number of aromatic nitrogens is 8. The summed E-state index contributed by atoms with van der Waals surface area (Å²) in [6.45, 7) is 0. The summed E-state index contributed by atoms with van der Waals surface area (Å²) < 4.78 is 16.7. The highest BCUT2D eigenvalue weighted by atomic mass is 16.3. The molecule has 0 saturated heterocycles. The van der Waals surface area contributed by atoms with Gasteiger partial charge in [-0.05, 0) is 107 Å². The van der Waals surface area contributed by atoms with Crippen molar-refractivity contribution in [1.82, 2.24) is 39.0 Å². The molecule has 0 amide bonds. The largest absolute Gasteiger partial charge is 0.456 e. The van der Waals surface area contributed by atoms with Gasteiger partial charge in [0.2, 0.25) is 5.95 Å². The first kappa shape index (κ1) is 54.1. The van der Waals surface area contributed by atoms with E-state index in [-0.39, 0.29) is 0 Å². The molecular formula is C84H52N8O2. The zero-order chi connectivity index (χ0) is 62.1. The monoisotopic (exact) mass is 1200 g/mol. The van der Waals surface area contributed by atoms with Crippen LogP contribution in [0.2, 0.25) is 0 Å². The SMILES string of the molecule is c1ccc(-c2nc(-c3ccccc3)nc(-c3ccccc3-n3c4ccccc4c4cc(-c5ccc6oc7ccccc7c6c5)ccc43)n2)cc1.c1ccc(-c2nc(-c3ccccc3)nc(-n3c4ccccc4c4cc(-c5ccc6oc7ccccc7c6c5)ccc43)n2)cc1. The van der Waals surface area contributed by atoms with Gasteiger partial charge >= 0.3 is 0 Å². The molecule has 0 fully saturated rings. The molecule has 0 spiro atoms. The number of benzene rings is 13. The van der Waals surface area contributed by atoms with Gasteiger partial charge in [-0.3, -0.25) is 4.57 Å². The molecule has 0 aliphatic rings. The third kappa shape index (κ3) is 9.43. The second-order valence-corrected chi connectivity index (χ2v) is 23.4. The van der Waals surface area contributed by atoms with Gasteiger partial charge in [-0.15, -0.1) is 0 Å². The molecule has 0 saturated carbocycles. The van der Waals surface area contributed by atoms with Crippen LogP contribution in [0.25, 0.3) is 178 Å². The van der Waals surface area contributed by atoms with Crippen LogP contribution in [0.5, 0.6) is 0 Å². The summed E-state index contributed by atoms with van der Waals surface area (Å²) >= 11 is 0. The van der Waals surface area contributed by atoms with Gasteiger partial charge in [0.15, 0.2) is 29.1 Å². The third-order valence-electron chi connectivity index (χ3n) is 17.7. The molecule has 6 heterocycles. The highest BCUT2D eigenvalue weighted by Crippen LogP contribution is 2.41. The number of rotatable bonds is 9. The predicted molar refractivity (Wildman–Crippen MR) is 381 cm³/mol. The molecule has 0 atom stereocenters. The molecule has 0 radical (unpaired) electrons. The van der Waals surface area contributed by atoms with Crippen molar-refractivity contribution >= 4 is 87.5 Å². The second kappa shape index (κ2) is 22.5. The Morgan fingerprint density at radius 3 is 0.989 bits per heavy atom. The minimum atomic E-state index is 0.586. The van der Waals surface area contributed by atoms with Crippen LogP contribution < -0.4 is 0 Å². The maximum absolute atomic E-state index is 6.12. The lowest BCUT2D eigenvalue weighted by Gasteiger charge is -2.14.